The Morgan fingerprint density at radius 2 is 2.17 bits per heavy atom. The first-order valence-corrected chi connectivity index (χ1v) is 7.86. The second-order valence-corrected chi connectivity index (χ2v) is 7.66. The van der Waals surface area contributed by atoms with Crippen LogP contribution in [0.5, 0.6) is 0 Å². The third-order valence-electron chi connectivity index (χ3n) is 2.12. The van der Waals surface area contributed by atoms with E-state index in [1.807, 2.05) is 14.1 Å². The number of carbonyl (C=O) groups is 1. The lowest BCUT2D eigenvalue weighted by Gasteiger charge is -2.10. The summed E-state index contributed by atoms with van der Waals surface area (Å²) in [5.41, 5.74) is 0.653. The number of nitrogens with zero attached hydrogens (tertiary/aromatic N) is 1. The van der Waals surface area contributed by atoms with Gasteiger partial charge in [-0.15, -0.1) is 11.3 Å². The van der Waals surface area contributed by atoms with Gasteiger partial charge in [0, 0.05) is 13.1 Å². The number of ether oxygens (including phenoxy) is 1. The molecule has 0 atom stereocenters. The zero-order valence-corrected chi connectivity index (χ0v) is 14.3. The number of rotatable bonds is 7. The molecule has 0 saturated carbocycles. The molecule has 0 spiro atoms. The number of hydrogen-bond acceptors (Lipinski definition) is 4. The Morgan fingerprint density at radius 3 is 2.72 bits per heavy atom. The molecule has 1 rings (SSSR count). The van der Waals surface area contributed by atoms with Gasteiger partial charge in [0.25, 0.3) is 5.91 Å². The van der Waals surface area contributed by atoms with Gasteiger partial charge in [-0.25, -0.2) is 0 Å². The molecular formula is C11H16Br2N2O2S. The van der Waals surface area contributed by atoms with Gasteiger partial charge < -0.3 is 15.0 Å². The highest BCUT2D eigenvalue weighted by molar-refractivity contribution is 9.12. The zero-order valence-electron chi connectivity index (χ0n) is 10.3. The quantitative estimate of drug-likeness (QED) is 0.716. The van der Waals surface area contributed by atoms with E-state index >= 15 is 0 Å². The second-order valence-electron chi connectivity index (χ2n) is 3.91. The van der Waals surface area contributed by atoms with Gasteiger partial charge >= 0.3 is 0 Å². The van der Waals surface area contributed by atoms with E-state index in [2.05, 4.69) is 42.1 Å². The molecule has 0 aliphatic heterocycles. The van der Waals surface area contributed by atoms with Crippen LogP contribution in [0.4, 0.5) is 0 Å². The summed E-state index contributed by atoms with van der Waals surface area (Å²) >= 11 is 8.19. The van der Waals surface area contributed by atoms with Crippen molar-refractivity contribution >= 4 is 49.1 Å². The largest absolute Gasteiger partial charge is 0.378 e. The number of hydrogen-bond donors (Lipinski definition) is 1. The minimum atomic E-state index is -0.0833. The normalized spacial score (nSPS) is 10.9. The maximum Gasteiger partial charge on any atom is 0.253 e. The molecule has 1 heterocycles. The average Bonchev–Trinajstić information content (AvgIpc) is 2.62. The second kappa shape index (κ2) is 8.27. The monoisotopic (exact) mass is 398 g/mol. The molecule has 0 saturated heterocycles. The Labute approximate surface area is 128 Å². The smallest absolute Gasteiger partial charge is 0.253 e. The van der Waals surface area contributed by atoms with Crippen molar-refractivity contribution in [2.75, 3.05) is 40.4 Å². The lowest BCUT2D eigenvalue weighted by Crippen LogP contribution is -2.28. The van der Waals surface area contributed by atoms with Gasteiger partial charge in [0.1, 0.15) is 0 Å². The molecule has 1 aromatic rings. The van der Waals surface area contributed by atoms with E-state index in [1.165, 1.54) is 11.3 Å². The maximum atomic E-state index is 11.8. The van der Waals surface area contributed by atoms with Crippen LogP contribution in [-0.4, -0.2) is 51.2 Å². The molecule has 18 heavy (non-hydrogen) atoms. The van der Waals surface area contributed by atoms with Gasteiger partial charge in [0.2, 0.25) is 0 Å². The summed E-state index contributed by atoms with van der Waals surface area (Å²) in [4.78, 5) is 13.9. The molecule has 0 unspecified atom stereocenters. The highest BCUT2D eigenvalue weighted by Gasteiger charge is 2.12. The van der Waals surface area contributed by atoms with Gasteiger partial charge in [-0.1, -0.05) is 0 Å². The summed E-state index contributed by atoms with van der Waals surface area (Å²) in [6.45, 7) is 2.61. The Balaban J connectivity index is 2.20. The van der Waals surface area contributed by atoms with Crippen molar-refractivity contribution < 1.29 is 9.53 Å². The summed E-state index contributed by atoms with van der Waals surface area (Å²) in [6, 6.07) is 1.80. The SMILES string of the molecule is CN(C)CCOCCNC(=O)c1cc(Br)sc1Br. The fourth-order valence-electron chi connectivity index (χ4n) is 1.18. The van der Waals surface area contributed by atoms with Crippen molar-refractivity contribution in [2.24, 2.45) is 0 Å². The number of halogens is 2. The molecule has 0 bridgehead atoms. The predicted octanol–water partition coefficient (Wildman–Crippen LogP) is 2.58. The Kier molecular flexibility index (Phi) is 7.40. The number of likely N-dealkylation sites (N-methyl/N-ethyl adjacent to an activating group) is 1. The van der Waals surface area contributed by atoms with Crippen LogP contribution in [0.1, 0.15) is 10.4 Å². The summed E-state index contributed by atoms with van der Waals surface area (Å²) in [7, 11) is 3.99. The van der Waals surface area contributed by atoms with Crippen molar-refractivity contribution in [3.8, 4) is 0 Å². The van der Waals surface area contributed by atoms with Crippen LogP contribution in [0.2, 0.25) is 0 Å². The van der Waals surface area contributed by atoms with E-state index < -0.39 is 0 Å². The van der Waals surface area contributed by atoms with Crippen LogP contribution >= 0.6 is 43.2 Å². The first-order valence-electron chi connectivity index (χ1n) is 5.46. The molecule has 1 amide bonds. The minimum absolute atomic E-state index is 0.0833. The van der Waals surface area contributed by atoms with Gasteiger partial charge in [-0.3, -0.25) is 4.79 Å². The van der Waals surface area contributed by atoms with Crippen LogP contribution in [0, 0.1) is 0 Å². The zero-order chi connectivity index (χ0) is 13.5. The van der Waals surface area contributed by atoms with Crippen LogP contribution in [0.3, 0.4) is 0 Å². The van der Waals surface area contributed by atoms with Crippen LogP contribution in [0.15, 0.2) is 13.6 Å². The van der Waals surface area contributed by atoms with Crippen molar-refractivity contribution in [1.29, 1.82) is 0 Å². The minimum Gasteiger partial charge on any atom is -0.378 e. The summed E-state index contributed by atoms with van der Waals surface area (Å²) < 4.78 is 7.16. The van der Waals surface area contributed by atoms with E-state index in [0.29, 0.717) is 25.3 Å². The highest BCUT2D eigenvalue weighted by atomic mass is 79.9. The predicted molar refractivity (Wildman–Crippen MR) is 81.4 cm³/mol. The molecule has 102 valence electrons. The number of amides is 1. The molecule has 0 aliphatic rings. The number of carbonyl (C=O) groups excluding carboxylic acids is 1. The van der Waals surface area contributed by atoms with E-state index in [4.69, 9.17) is 4.74 Å². The summed E-state index contributed by atoms with van der Waals surface area (Å²) in [5, 5.41) is 2.82. The molecule has 1 N–H and O–H groups in total. The standard InChI is InChI=1S/C11H16Br2N2O2S/c1-15(2)4-6-17-5-3-14-11(16)8-7-9(12)18-10(8)13/h7H,3-6H2,1-2H3,(H,14,16). The summed E-state index contributed by atoms with van der Waals surface area (Å²) in [5.74, 6) is -0.0833. The lowest BCUT2D eigenvalue weighted by atomic mass is 10.3. The molecule has 7 heteroatoms. The van der Waals surface area contributed by atoms with Gasteiger partial charge in [0.05, 0.1) is 26.4 Å². The van der Waals surface area contributed by atoms with Crippen molar-refractivity contribution in [2.45, 2.75) is 0 Å². The van der Waals surface area contributed by atoms with Crippen molar-refractivity contribution in [3.63, 3.8) is 0 Å². The molecule has 0 fully saturated rings. The van der Waals surface area contributed by atoms with E-state index in [9.17, 15) is 4.79 Å². The third kappa shape index (κ3) is 5.79. The molecular weight excluding hydrogens is 384 g/mol. The maximum absolute atomic E-state index is 11.8. The Bertz CT molecular complexity index is 396. The Hall–Kier alpha value is 0.0500. The van der Waals surface area contributed by atoms with E-state index in [1.54, 1.807) is 6.07 Å². The van der Waals surface area contributed by atoms with Gasteiger partial charge in [0.15, 0.2) is 0 Å². The Morgan fingerprint density at radius 1 is 1.44 bits per heavy atom. The molecule has 1 aromatic heterocycles. The number of thiophene rings is 1. The summed E-state index contributed by atoms with van der Waals surface area (Å²) in [6.07, 6.45) is 0. The topological polar surface area (TPSA) is 41.6 Å². The lowest BCUT2D eigenvalue weighted by molar-refractivity contribution is 0.0900. The first kappa shape index (κ1) is 16.1. The first-order chi connectivity index (χ1) is 8.50. The van der Waals surface area contributed by atoms with Gasteiger partial charge in [-0.05, 0) is 52.0 Å². The number of nitrogens with one attached hydrogen (secondary N) is 1. The van der Waals surface area contributed by atoms with E-state index in [0.717, 1.165) is 14.1 Å². The van der Waals surface area contributed by atoms with E-state index in [-0.39, 0.29) is 5.91 Å². The highest BCUT2D eigenvalue weighted by Crippen LogP contribution is 2.31. The molecule has 0 aromatic carbocycles. The van der Waals surface area contributed by atoms with Crippen LogP contribution in [-0.2, 0) is 4.74 Å². The van der Waals surface area contributed by atoms with Crippen molar-refractivity contribution in [3.05, 3.63) is 19.2 Å². The van der Waals surface area contributed by atoms with Crippen LogP contribution in [0.25, 0.3) is 0 Å². The van der Waals surface area contributed by atoms with Gasteiger partial charge in [-0.2, -0.15) is 0 Å². The molecule has 0 radical (unpaired) electrons. The average molecular weight is 400 g/mol. The third-order valence-corrected chi connectivity index (χ3v) is 4.46. The fourth-order valence-corrected chi connectivity index (χ4v) is 3.97. The van der Waals surface area contributed by atoms with Crippen molar-refractivity contribution in [1.82, 2.24) is 10.2 Å². The fraction of sp³-hybridized carbons (Fsp3) is 0.545. The van der Waals surface area contributed by atoms with Crippen LogP contribution < -0.4 is 5.32 Å². The molecule has 0 aliphatic carbocycles. The molecule has 4 nitrogen and oxygen atoms in total.